The Bertz CT molecular complexity index is 141. The summed E-state index contributed by atoms with van der Waals surface area (Å²) >= 11 is 0. The van der Waals surface area contributed by atoms with Gasteiger partial charge in [0.1, 0.15) is 0 Å². The summed E-state index contributed by atoms with van der Waals surface area (Å²) in [6, 6.07) is 0. The van der Waals surface area contributed by atoms with Crippen molar-refractivity contribution >= 4 is 11.8 Å². The van der Waals surface area contributed by atoms with Crippen molar-refractivity contribution in [1.29, 1.82) is 0 Å². The van der Waals surface area contributed by atoms with Crippen molar-refractivity contribution in [2.75, 3.05) is 0 Å². The van der Waals surface area contributed by atoms with Crippen molar-refractivity contribution in [3.05, 3.63) is 12.2 Å². The minimum absolute atomic E-state index is 0. The predicted octanol–water partition coefficient (Wildman–Crippen LogP) is -3.68. The van der Waals surface area contributed by atoms with E-state index >= 15 is 0 Å². The Hall–Kier alpha value is 0.516. The second-order valence-electron chi connectivity index (χ2n) is 1.19. The van der Waals surface area contributed by atoms with Crippen molar-refractivity contribution in [2.45, 2.75) is 0 Å². The average Bonchev–Trinajstić information content (AvgIpc) is 1.87. The van der Waals surface area contributed by atoms with Gasteiger partial charge in [-0.1, -0.05) is 0 Å². The fourth-order valence-electron chi connectivity index (χ4n) is 0.356. The fourth-order valence-corrected chi connectivity index (χ4v) is 0.356. The summed E-state index contributed by atoms with van der Waals surface area (Å²) < 4.78 is 0. The van der Waals surface area contributed by atoms with Crippen LogP contribution in [0.2, 0.25) is 0 Å². The van der Waals surface area contributed by atoms with Gasteiger partial charge in [-0.05, 0) is 0 Å². The summed E-state index contributed by atoms with van der Waals surface area (Å²) in [5.41, 5.74) is 0. The van der Waals surface area contributed by atoms with Gasteiger partial charge in [-0.15, -0.1) is 0 Å². The molecule has 1 aliphatic rings. The van der Waals surface area contributed by atoms with Gasteiger partial charge in [0.25, 0.3) is 11.8 Å². The van der Waals surface area contributed by atoms with Gasteiger partial charge in [0, 0.05) is 12.2 Å². The van der Waals surface area contributed by atoms with E-state index in [1.54, 1.807) is 0 Å². The molecule has 1 N–H and O–H groups in total. The molecule has 0 aliphatic carbocycles. The molecule has 1 rings (SSSR count). The average molecular weight is 137 g/mol. The van der Waals surface area contributed by atoms with E-state index in [4.69, 9.17) is 0 Å². The van der Waals surface area contributed by atoms with Crippen molar-refractivity contribution < 1.29 is 62.4 Å². The zero-order valence-corrected chi connectivity index (χ0v) is 7.59. The molecule has 0 spiro atoms. The first-order valence-corrected chi connectivity index (χ1v) is 1.82. The molecule has 8 heavy (non-hydrogen) atoms. The Labute approximate surface area is 90.4 Å². The van der Waals surface area contributed by atoms with Crippen LogP contribution in [0.3, 0.4) is 0 Å². The summed E-state index contributed by atoms with van der Waals surface area (Å²) in [6.45, 7) is 0. The van der Waals surface area contributed by atoms with Gasteiger partial charge in [-0.25, -0.2) is 0 Å². The maximum Gasteiger partial charge on any atom is 1.00 e. The van der Waals surface area contributed by atoms with Gasteiger partial charge in [0.2, 0.25) is 0 Å². The van der Waals surface area contributed by atoms with Crippen molar-refractivity contribution in [3.8, 4) is 0 Å². The molecule has 0 radical (unpaired) electrons. The second kappa shape index (κ2) is 3.52. The van der Waals surface area contributed by atoms with E-state index in [-0.39, 0.29) is 64.6 Å². The maximum absolute atomic E-state index is 10.0. The molecular weight excluding hydrogens is 133 g/mol. The van der Waals surface area contributed by atoms with E-state index < -0.39 is 0 Å². The number of carbonyl (C=O) groups is 2. The molecule has 38 valence electrons. The number of amides is 2. The van der Waals surface area contributed by atoms with Crippen LogP contribution in [0.4, 0.5) is 0 Å². The van der Waals surface area contributed by atoms with Crippen LogP contribution in [0.5, 0.6) is 0 Å². The van der Waals surface area contributed by atoms with E-state index in [1.807, 2.05) is 5.32 Å². The summed E-state index contributed by atoms with van der Waals surface area (Å²) in [4.78, 5) is 20.1. The largest absolute Gasteiger partial charge is 1.00 e. The van der Waals surface area contributed by atoms with Gasteiger partial charge in [-0.3, -0.25) is 14.9 Å². The molecule has 0 atom stereocenters. The molecule has 0 saturated heterocycles. The SMILES string of the molecule is O=C1C=CC(=O)N1.[H-].[K+]. The Balaban J connectivity index is 0. The quantitative estimate of drug-likeness (QED) is 0.276. The first kappa shape index (κ1) is 8.52. The maximum atomic E-state index is 10.0. The van der Waals surface area contributed by atoms with Crippen molar-refractivity contribution in [1.82, 2.24) is 5.32 Å². The number of hydrogen-bond donors (Lipinski definition) is 1. The molecule has 0 fully saturated rings. The molecule has 0 aromatic carbocycles. The number of nitrogens with one attached hydrogen (secondary N) is 1. The first-order valence-electron chi connectivity index (χ1n) is 1.82. The van der Waals surface area contributed by atoms with Crippen LogP contribution in [0.1, 0.15) is 1.43 Å². The molecule has 0 aromatic heterocycles. The van der Waals surface area contributed by atoms with Crippen LogP contribution in [-0.4, -0.2) is 11.8 Å². The number of imide groups is 1. The third-order valence-corrected chi connectivity index (χ3v) is 0.632. The van der Waals surface area contributed by atoms with E-state index in [0.29, 0.717) is 0 Å². The Morgan fingerprint density at radius 3 is 1.75 bits per heavy atom. The van der Waals surface area contributed by atoms with Crippen LogP contribution < -0.4 is 56.7 Å². The summed E-state index contributed by atoms with van der Waals surface area (Å²) in [7, 11) is 0. The third kappa shape index (κ3) is 2.19. The molecule has 0 saturated carbocycles. The first-order chi connectivity index (χ1) is 3.29. The normalized spacial score (nSPS) is 15.5. The van der Waals surface area contributed by atoms with Gasteiger partial charge in [0.15, 0.2) is 0 Å². The second-order valence-corrected chi connectivity index (χ2v) is 1.19. The van der Waals surface area contributed by atoms with Crippen LogP contribution in [0.25, 0.3) is 0 Å². The predicted molar refractivity (Wildman–Crippen MR) is 23.4 cm³/mol. The Morgan fingerprint density at radius 2 is 1.62 bits per heavy atom. The standard InChI is InChI=1S/C4H3NO2.K.H/c6-3-1-2-4(7)5-3;;/h1-2H,(H,5,6,7);;/q;+1;-1. The number of carbonyl (C=O) groups excluding carboxylic acids is 2. The van der Waals surface area contributed by atoms with Crippen LogP contribution in [0.15, 0.2) is 12.2 Å². The third-order valence-electron chi connectivity index (χ3n) is 0.632. The van der Waals surface area contributed by atoms with Gasteiger partial charge in [0.05, 0.1) is 0 Å². The minimum Gasteiger partial charge on any atom is -1.00 e. The van der Waals surface area contributed by atoms with E-state index in [0.717, 1.165) is 0 Å². The molecule has 3 nitrogen and oxygen atoms in total. The minimum atomic E-state index is -0.329. The van der Waals surface area contributed by atoms with E-state index in [9.17, 15) is 9.59 Å². The van der Waals surface area contributed by atoms with Crippen LogP contribution in [-0.2, 0) is 9.59 Å². The van der Waals surface area contributed by atoms with E-state index in [1.165, 1.54) is 12.2 Å². The Kier molecular flexibility index (Phi) is 3.75. The zero-order chi connectivity index (χ0) is 5.28. The summed E-state index contributed by atoms with van der Waals surface area (Å²) in [5, 5.41) is 2.03. The fraction of sp³-hybridized carbons (Fsp3) is 0. The van der Waals surface area contributed by atoms with E-state index in [2.05, 4.69) is 0 Å². The topological polar surface area (TPSA) is 46.2 Å². The molecule has 0 bridgehead atoms. The molecule has 1 aliphatic heterocycles. The summed E-state index contributed by atoms with van der Waals surface area (Å²) in [5.74, 6) is -0.657. The molecule has 4 heteroatoms. The molecule has 0 unspecified atom stereocenters. The monoisotopic (exact) mass is 137 g/mol. The Morgan fingerprint density at radius 1 is 1.25 bits per heavy atom. The van der Waals surface area contributed by atoms with Crippen molar-refractivity contribution in [3.63, 3.8) is 0 Å². The molecule has 1 heterocycles. The van der Waals surface area contributed by atoms with Gasteiger partial charge in [-0.2, -0.15) is 0 Å². The zero-order valence-electron chi connectivity index (χ0n) is 5.47. The number of rotatable bonds is 0. The van der Waals surface area contributed by atoms with Crippen LogP contribution in [0, 0.1) is 0 Å². The molecule has 2 amide bonds. The smallest absolute Gasteiger partial charge is 1.00 e. The molecular formula is C4H4KNO2. The summed E-state index contributed by atoms with van der Waals surface area (Å²) in [6.07, 6.45) is 2.39. The molecule has 0 aromatic rings. The van der Waals surface area contributed by atoms with Gasteiger partial charge < -0.3 is 1.43 Å². The van der Waals surface area contributed by atoms with Gasteiger partial charge >= 0.3 is 51.4 Å². The van der Waals surface area contributed by atoms with Crippen LogP contribution >= 0.6 is 0 Å². The number of hydrogen-bond acceptors (Lipinski definition) is 2. The van der Waals surface area contributed by atoms with Crippen molar-refractivity contribution in [2.24, 2.45) is 0 Å².